The molecule has 0 amide bonds. The zero-order valence-electron chi connectivity index (χ0n) is 20.4. The fraction of sp³-hybridized carbons (Fsp3) is 0.231. The Kier molecular flexibility index (Phi) is 6.58. The smallest absolute Gasteiger partial charge is 0.270 e. The first-order chi connectivity index (χ1) is 17.4. The number of nitrogens with one attached hydrogen (secondary N) is 1. The molecule has 0 saturated heterocycles. The summed E-state index contributed by atoms with van der Waals surface area (Å²) >= 11 is 6.39. The van der Waals surface area contributed by atoms with Gasteiger partial charge in [-0.1, -0.05) is 23.7 Å². The van der Waals surface area contributed by atoms with Crippen LogP contribution < -0.4 is 15.8 Å². The molecule has 0 aliphatic carbocycles. The Labute approximate surface area is 213 Å². The van der Waals surface area contributed by atoms with Crippen LogP contribution in [0.15, 0.2) is 71.9 Å². The summed E-state index contributed by atoms with van der Waals surface area (Å²) in [5, 5.41) is 4.06. The number of nitrogens with zero attached hydrogens (tertiary/aromatic N) is 7. The van der Waals surface area contributed by atoms with Gasteiger partial charge in [-0.2, -0.15) is 4.98 Å². The van der Waals surface area contributed by atoms with E-state index in [1.54, 1.807) is 28.9 Å². The second kappa shape index (κ2) is 9.96. The average Bonchev–Trinajstić information content (AvgIpc) is 3.35. The molecule has 0 aliphatic heterocycles. The van der Waals surface area contributed by atoms with E-state index in [2.05, 4.69) is 63.3 Å². The molecule has 5 rings (SSSR count). The number of aromatic nitrogens is 5. The van der Waals surface area contributed by atoms with Crippen molar-refractivity contribution in [3.8, 4) is 5.69 Å². The zero-order chi connectivity index (χ0) is 25.2. The molecule has 0 saturated carbocycles. The maximum absolute atomic E-state index is 13.4. The summed E-state index contributed by atoms with van der Waals surface area (Å²) < 4.78 is 3.24. The highest BCUT2D eigenvalue weighted by atomic mass is 35.5. The monoisotopic (exact) mass is 502 g/mol. The van der Waals surface area contributed by atoms with Crippen LogP contribution in [-0.2, 0) is 0 Å². The Balaban J connectivity index is 1.44. The topological polar surface area (TPSA) is 83.6 Å². The largest absolute Gasteiger partial charge is 0.375 e. The number of halogens is 1. The van der Waals surface area contributed by atoms with Crippen molar-refractivity contribution in [1.29, 1.82) is 0 Å². The minimum atomic E-state index is -0.287. The minimum Gasteiger partial charge on any atom is -0.375 e. The molecule has 10 heteroatoms. The van der Waals surface area contributed by atoms with Crippen LogP contribution in [0, 0.1) is 0 Å². The molecule has 36 heavy (non-hydrogen) atoms. The number of hydrogen-bond acceptors (Lipinski definition) is 7. The van der Waals surface area contributed by atoms with Crippen LogP contribution in [0.3, 0.4) is 0 Å². The van der Waals surface area contributed by atoms with Gasteiger partial charge in [0.25, 0.3) is 5.56 Å². The third-order valence-corrected chi connectivity index (χ3v) is 6.33. The quantitative estimate of drug-likeness (QED) is 0.340. The molecule has 2 aromatic carbocycles. The van der Waals surface area contributed by atoms with Crippen LogP contribution in [0.5, 0.6) is 0 Å². The second-order valence-corrected chi connectivity index (χ2v) is 9.28. The molecule has 5 aromatic rings. The first kappa shape index (κ1) is 23.8. The van der Waals surface area contributed by atoms with E-state index in [4.69, 9.17) is 11.6 Å². The lowest BCUT2D eigenvalue weighted by Gasteiger charge is -2.20. The number of imidazole rings is 1. The van der Waals surface area contributed by atoms with Crippen LogP contribution in [0.25, 0.3) is 22.5 Å². The molecular formula is C26H27ClN8O. The summed E-state index contributed by atoms with van der Waals surface area (Å²) in [6.45, 7) is 2.03. The normalized spacial score (nSPS) is 11.5. The molecule has 0 spiro atoms. The predicted molar refractivity (Wildman–Crippen MR) is 145 cm³/mol. The van der Waals surface area contributed by atoms with Crippen molar-refractivity contribution < 1.29 is 0 Å². The van der Waals surface area contributed by atoms with Gasteiger partial charge in [0.2, 0.25) is 11.7 Å². The highest BCUT2D eigenvalue weighted by Gasteiger charge is 2.17. The van der Waals surface area contributed by atoms with Crippen LogP contribution in [-0.4, -0.2) is 63.1 Å². The maximum atomic E-state index is 13.4. The van der Waals surface area contributed by atoms with Crippen LogP contribution in [0.4, 0.5) is 17.3 Å². The SMILES string of the molecule is CN(C)CCCN(C)c1ccc(Nc2ncc3c(=O)n(-c4ccccc4Cl)c4nccn4c3n2)cc1. The van der Waals surface area contributed by atoms with Gasteiger partial charge >= 0.3 is 0 Å². The summed E-state index contributed by atoms with van der Waals surface area (Å²) in [6, 6.07) is 15.3. The summed E-state index contributed by atoms with van der Waals surface area (Å²) in [5.74, 6) is 0.811. The van der Waals surface area contributed by atoms with Crippen LogP contribution in [0.1, 0.15) is 6.42 Å². The van der Waals surface area contributed by atoms with Gasteiger partial charge in [-0.3, -0.25) is 9.20 Å². The molecule has 0 aliphatic rings. The Morgan fingerprint density at radius 1 is 1.00 bits per heavy atom. The molecular weight excluding hydrogens is 476 g/mol. The van der Waals surface area contributed by atoms with Crippen molar-refractivity contribution in [2.75, 3.05) is 44.4 Å². The van der Waals surface area contributed by atoms with Gasteiger partial charge in [-0.25, -0.2) is 14.5 Å². The number of anilines is 3. The van der Waals surface area contributed by atoms with Gasteiger partial charge in [0.15, 0.2) is 5.65 Å². The van der Waals surface area contributed by atoms with E-state index in [9.17, 15) is 4.79 Å². The Morgan fingerprint density at radius 2 is 1.78 bits per heavy atom. The fourth-order valence-corrected chi connectivity index (χ4v) is 4.36. The molecule has 0 fully saturated rings. The highest BCUT2D eigenvalue weighted by Crippen LogP contribution is 2.23. The van der Waals surface area contributed by atoms with E-state index < -0.39 is 0 Å². The molecule has 0 unspecified atom stereocenters. The van der Waals surface area contributed by atoms with E-state index in [0.717, 1.165) is 30.9 Å². The summed E-state index contributed by atoms with van der Waals surface area (Å²) in [4.78, 5) is 31.3. The zero-order valence-corrected chi connectivity index (χ0v) is 21.1. The van der Waals surface area contributed by atoms with E-state index in [0.29, 0.717) is 33.5 Å². The second-order valence-electron chi connectivity index (χ2n) is 8.87. The molecule has 184 valence electrons. The molecule has 9 nitrogen and oxygen atoms in total. The Morgan fingerprint density at radius 3 is 2.53 bits per heavy atom. The van der Waals surface area contributed by atoms with Gasteiger partial charge in [-0.05, 0) is 63.5 Å². The van der Waals surface area contributed by atoms with Crippen molar-refractivity contribution in [3.05, 3.63) is 82.5 Å². The van der Waals surface area contributed by atoms with E-state index >= 15 is 0 Å². The van der Waals surface area contributed by atoms with E-state index in [-0.39, 0.29) is 5.56 Å². The molecule has 0 atom stereocenters. The van der Waals surface area contributed by atoms with Crippen LogP contribution in [0.2, 0.25) is 5.02 Å². The van der Waals surface area contributed by atoms with Gasteiger partial charge < -0.3 is 15.1 Å². The maximum Gasteiger partial charge on any atom is 0.270 e. The van der Waals surface area contributed by atoms with Crippen molar-refractivity contribution in [1.82, 2.24) is 28.8 Å². The molecule has 1 N–H and O–H groups in total. The summed E-state index contributed by atoms with van der Waals surface area (Å²) in [5.41, 5.74) is 2.72. The number of rotatable bonds is 8. The van der Waals surface area contributed by atoms with Gasteiger partial charge in [0, 0.05) is 43.6 Å². The average molecular weight is 503 g/mol. The lowest BCUT2D eigenvalue weighted by atomic mass is 10.2. The van der Waals surface area contributed by atoms with Crippen molar-refractivity contribution in [3.63, 3.8) is 0 Å². The molecule has 0 radical (unpaired) electrons. The highest BCUT2D eigenvalue weighted by molar-refractivity contribution is 6.32. The van der Waals surface area contributed by atoms with Crippen molar-refractivity contribution >= 4 is 45.7 Å². The number of hydrogen-bond donors (Lipinski definition) is 1. The van der Waals surface area contributed by atoms with Gasteiger partial charge in [-0.15, -0.1) is 0 Å². The van der Waals surface area contributed by atoms with Crippen molar-refractivity contribution in [2.24, 2.45) is 0 Å². The summed E-state index contributed by atoms with van der Waals surface area (Å²) in [6.07, 6.45) is 6.02. The van der Waals surface area contributed by atoms with Crippen molar-refractivity contribution in [2.45, 2.75) is 6.42 Å². The molecule has 3 heterocycles. The van der Waals surface area contributed by atoms with Gasteiger partial charge in [0.1, 0.15) is 5.39 Å². The predicted octanol–water partition coefficient (Wildman–Crippen LogP) is 4.21. The summed E-state index contributed by atoms with van der Waals surface area (Å²) in [7, 11) is 6.26. The van der Waals surface area contributed by atoms with E-state index in [1.165, 1.54) is 10.8 Å². The molecule has 0 bridgehead atoms. The Bertz CT molecular complexity index is 1580. The first-order valence-corrected chi connectivity index (χ1v) is 12.0. The van der Waals surface area contributed by atoms with Crippen LogP contribution >= 0.6 is 11.6 Å². The lowest BCUT2D eigenvalue weighted by molar-refractivity contribution is 0.401. The number of para-hydroxylation sites is 1. The van der Waals surface area contributed by atoms with E-state index in [1.807, 2.05) is 24.3 Å². The third-order valence-electron chi connectivity index (χ3n) is 6.01. The van der Waals surface area contributed by atoms with Gasteiger partial charge in [0.05, 0.1) is 10.7 Å². The third kappa shape index (κ3) is 4.62. The number of benzene rings is 2. The first-order valence-electron chi connectivity index (χ1n) is 11.6. The standard InChI is InChI=1S/C26H27ClN8O/c1-32(2)14-6-15-33(3)19-11-9-18(10-12-19)30-25-29-17-20-23(31-25)34-16-13-28-26(34)35(24(20)36)22-8-5-4-7-21(22)27/h4-5,7-13,16-17H,6,14-15H2,1-3H3,(H,29,30,31). The minimum absolute atomic E-state index is 0.287. The Hall–Kier alpha value is -3.95. The molecule has 3 aromatic heterocycles. The fourth-order valence-electron chi connectivity index (χ4n) is 4.14. The lowest BCUT2D eigenvalue weighted by Crippen LogP contribution is -2.23. The number of fused-ring (bicyclic) bond motifs is 3.